The zero-order chi connectivity index (χ0) is 21.3. The van der Waals surface area contributed by atoms with Gasteiger partial charge in [0.15, 0.2) is 0 Å². The molecule has 0 spiro atoms. The number of allylic oxidation sites excluding steroid dienone is 2. The van der Waals surface area contributed by atoms with Gasteiger partial charge in [-0.2, -0.15) is 0 Å². The van der Waals surface area contributed by atoms with Crippen molar-refractivity contribution in [2.24, 2.45) is 0 Å². The van der Waals surface area contributed by atoms with E-state index in [4.69, 9.17) is 4.74 Å². The zero-order valence-electron chi connectivity index (χ0n) is 18.4. The summed E-state index contributed by atoms with van der Waals surface area (Å²) >= 11 is 1.66. The van der Waals surface area contributed by atoms with Gasteiger partial charge in [-0.15, -0.1) is 21.6 Å². The third-order valence-electron chi connectivity index (χ3n) is 4.12. The second-order valence-electron chi connectivity index (χ2n) is 7.81. The number of thiazole rings is 1. The third kappa shape index (κ3) is 11.4. The molecule has 0 atom stereocenters. The molecule has 0 radical (unpaired) electrons. The van der Waals surface area contributed by atoms with E-state index < -0.39 is 10.3 Å². The average molecular weight is 416 g/mol. The normalized spacial score (nSPS) is 13.7. The van der Waals surface area contributed by atoms with Gasteiger partial charge in [0.25, 0.3) is 0 Å². The van der Waals surface area contributed by atoms with Gasteiger partial charge in [0.2, 0.25) is 0 Å². The lowest BCUT2D eigenvalue weighted by atomic mass is 10.1. The molecule has 27 heavy (non-hydrogen) atoms. The Hall–Kier alpha value is -1.11. The first-order chi connectivity index (χ1) is 12.3. The van der Waals surface area contributed by atoms with Crippen LogP contribution in [0.3, 0.4) is 0 Å². The highest BCUT2D eigenvalue weighted by Crippen LogP contribution is 2.48. The molecule has 6 heteroatoms. The molecule has 1 rings (SSSR count). The van der Waals surface area contributed by atoms with E-state index in [2.05, 4.69) is 44.1 Å². The second kappa shape index (κ2) is 11.7. The van der Waals surface area contributed by atoms with Crippen LogP contribution < -0.4 is 0 Å². The fourth-order valence-electron chi connectivity index (χ4n) is 1.62. The van der Waals surface area contributed by atoms with Crippen LogP contribution in [0.25, 0.3) is 6.08 Å². The summed E-state index contributed by atoms with van der Waals surface area (Å²) in [6.07, 6.45) is 9.61. The Morgan fingerprint density at radius 3 is 2.30 bits per heavy atom. The largest absolute Gasteiger partial charge is 0.463 e. The smallest absolute Gasteiger partial charge is 0.333 e. The number of aromatic nitrogens is 1. The molecule has 0 bridgehead atoms. The summed E-state index contributed by atoms with van der Waals surface area (Å²) in [6.45, 7) is 14.3. The number of carbonyl (C=O) groups excluding carboxylic acids is 1. The SMILES string of the molecule is CC(C)(C)S(C)(C)O.CCOC(=O)/C(C)=C\CC/C(C)=C/c1csc(C)n1. The summed E-state index contributed by atoms with van der Waals surface area (Å²) in [5.74, 6) is -0.223. The number of carbonyl (C=O) groups is 1. The Morgan fingerprint density at radius 2 is 1.89 bits per heavy atom. The van der Waals surface area contributed by atoms with Gasteiger partial charge in [0.05, 0.1) is 17.3 Å². The van der Waals surface area contributed by atoms with Crippen LogP contribution in [0.4, 0.5) is 0 Å². The lowest BCUT2D eigenvalue weighted by Gasteiger charge is -2.38. The van der Waals surface area contributed by atoms with Gasteiger partial charge in [-0.1, -0.05) is 32.4 Å². The Kier molecular flexibility index (Phi) is 11.2. The maximum atomic E-state index is 11.4. The van der Waals surface area contributed by atoms with E-state index in [1.54, 1.807) is 18.3 Å². The van der Waals surface area contributed by atoms with Crippen molar-refractivity contribution in [3.8, 4) is 0 Å². The number of aryl methyl sites for hydroxylation is 1. The molecule has 1 heterocycles. The lowest BCUT2D eigenvalue weighted by Crippen LogP contribution is -2.21. The highest BCUT2D eigenvalue weighted by molar-refractivity contribution is 8.29. The summed E-state index contributed by atoms with van der Waals surface area (Å²) in [6, 6.07) is 0. The molecule has 1 N–H and O–H groups in total. The monoisotopic (exact) mass is 415 g/mol. The first-order valence-electron chi connectivity index (χ1n) is 9.16. The van der Waals surface area contributed by atoms with Crippen LogP contribution in [0.1, 0.15) is 65.1 Å². The van der Waals surface area contributed by atoms with Crippen LogP contribution in [0.5, 0.6) is 0 Å². The van der Waals surface area contributed by atoms with E-state index in [1.807, 2.05) is 32.4 Å². The van der Waals surface area contributed by atoms with Crippen molar-refractivity contribution < 1.29 is 14.1 Å². The Morgan fingerprint density at radius 1 is 1.33 bits per heavy atom. The molecule has 0 aliphatic heterocycles. The fourth-order valence-corrected chi connectivity index (χ4v) is 2.19. The number of hydrogen-bond acceptors (Lipinski definition) is 5. The van der Waals surface area contributed by atoms with Gasteiger partial charge >= 0.3 is 5.97 Å². The van der Waals surface area contributed by atoms with Crippen LogP contribution in [-0.2, 0) is 9.53 Å². The molecule has 4 nitrogen and oxygen atoms in total. The van der Waals surface area contributed by atoms with Crippen LogP contribution in [-0.4, -0.2) is 39.4 Å². The summed E-state index contributed by atoms with van der Waals surface area (Å²) in [5, 5.41) is 3.13. The summed E-state index contributed by atoms with van der Waals surface area (Å²) in [4.78, 5) is 15.8. The predicted octanol–water partition coefficient (Wildman–Crippen LogP) is 6.47. The molecule has 156 valence electrons. The van der Waals surface area contributed by atoms with Crippen molar-refractivity contribution in [3.05, 3.63) is 33.3 Å². The van der Waals surface area contributed by atoms with E-state index in [1.165, 1.54) is 5.57 Å². The van der Waals surface area contributed by atoms with Gasteiger partial charge in [-0.05, 0) is 59.1 Å². The van der Waals surface area contributed by atoms with Crippen molar-refractivity contribution in [1.82, 2.24) is 4.98 Å². The van der Waals surface area contributed by atoms with Crippen LogP contribution in [0, 0.1) is 6.92 Å². The molecule has 0 fully saturated rings. The zero-order valence-corrected chi connectivity index (χ0v) is 20.0. The summed E-state index contributed by atoms with van der Waals surface area (Å²) in [7, 11) is -1.34. The van der Waals surface area contributed by atoms with E-state index in [0.29, 0.717) is 12.2 Å². The molecule has 0 saturated carbocycles. The second-order valence-corrected chi connectivity index (χ2v) is 12.6. The predicted molar refractivity (Wildman–Crippen MR) is 122 cm³/mol. The highest BCUT2D eigenvalue weighted by Gasteiger charge is 2.24. The molecule has 0 aliphatic carbocycles. The van der Waals surface area contributed by atoms with E-state index in [0.717, 1.165) is 23.5 Å². The van der Waals surface area contributed by atoms with Crippen molar-refractivity contribution in [2.45, 2.75) is 66.1 Å². The Labute approximate surface area is 171 Å². The molecule has 0 saturated heterocycles. The Balaban J connectivity index is 0.000000713. The molecular formula is C21H37NO3S2. The molecular weight excluding hydrogens is 378 g/mol. The third-order valence-corrected chi connectivity index (χ3v) is 7.91. The number of rotatable bonds is 6. The number of nitrogens with zero attached hydrogens (tertiary/aromatic N) is 1. The maximum absolute atomic E-state index is 11.4. The number of ether oxygens (including phenoxy) is 1. The van der Waals surface area contributed by atoms with Crippen LogP contribution >= 0.6 is 21.6 Å². The minimum atomic E-state index is -1.34. The van der Waals surface area contributed by atoms with Gasteiger partial charge < -0.3 is 9.29 Å². The minimum absolute atomic E-state index is 0.0764. The van der Waals surface area contributed by atoms with Gasteiger partial charge in [-0.3, -0.25) is 0 Å². The van der Waals surface area contributed by atoms with Crippen LogP contribution in [0.2, 0.25) is 0 Å². The van der Waals surface area contributed by atoms with Gasteiger partial charge in [0.1, 0.15) is 0 Å². The van der Waals surface area contributed by atoms with Crippen molar-refractivity contribution in [3.63, 3.8) is 0 Å². The number of hydrogen-bond donors (Lipinski definition) is 1. The topological polar surface area (TPSA) is 59.4 Å². The van der Waals surface area contributed by atoms with E-state index in [-0.39, 0.29) is 10.7 Å². The maximum Gasteiger partial charge on any atom is 0.333 e. The van der Waals surface area contributed by atoms with Crippen LogP contribution in [0.15, 0.2) is 22.6 Å². The summed E-state index contributed by atoms with van der Waals surface area (Å²) in [5.41, 5.74) is 2.96. The standard InChI is InChI=1S/C15H21NO2S.C6H16OS/c1-5-18-15(17)12(3)8-6-7-11(2)9-14-10-19-13(4)16-14;1-6(2,3)8(4,5)7/h8-10H,5-7H2,1-4H3;7H,1-5H3/b11-9+,12-8-;. The first-order valence-corrected chi connectivity index (χ1v) is 12.4. The molecule has 0 unspecified atom stereocenters. The molecule has 1 aromatic heterocycles. The lowest BCUT2D eigenvalue weighted by molar-refractivity contribution is -0.138. The quantitative estimate of drug-likeness (QED) is 0.427. The van der Waals surface area contributed by atoms with Crippen molar-refractivity contribution >= 4 is 33.7 Å². The average Bonchev–Trinajstić information content (AvgIpc) is 2.91. The van der Waals surface area contributed by atoms with Crippen molar-refractivity contribution in [1.29, 1.82) is 0 Å². The number of esters is 1. The van der Waals surface area contributed by atoms with Gasteiger partial charge in [0, 0.05) is 15.7 Å². The summed E-state index contributed by atoms with van der Waals surface area (Å²) < 4.78 is 14.4. The molecule has 0 aromatic carbocycles. The molecule has 0 amide bonds. The van der Waals surface area contributed by atoms with Crippen molar-refractivity contribution in [2.75, 3.05) is 19.1 Å². The van der Waals surface area contributed by atoms with E-state index in [9.17, 15) is 9.35 Å². The molecule has 1 aromatic rings. The Bertz CT molecular complexity index is 635. The fraction of sp³-hybridized carbons (Fsp3) is 0.619. The van der Waals surface area contributed by atoms with Gasteiger partial charge in [-0.25, -0.2) is 9.78 Å². The molecule has 0 aliphatic rings. The van der Waals surface area contributed by atoms with E-state index >= 15 is 0 Å². The minimum Gasteiger partial charge on any atom is -0.463 e. The first kappa shape index (κ1) is 25.9. The highest BCUT2D eigenvalue weighted by atomic mass is 32.3.